The van der Waals surface area contributed by atoms with E-state index in [-0.39, 0.29) is 46.8 Å². The van der Waals surface area contributed by atoms with Crippen molar-refractivity contribution in [2.24, 2.45) is 5.73 Å². The van der Waals surface area contributed by atoms with Crippen LogP contribution in [0.4, 0.5) is 22.0 Å². The Morgan fingerprint density at radius 3 is 2.43 bits per heavy atom. The Hall–Kier alpha value is -4.50. The number of ether oxygens (including phenoxy) is 3. The number of halogens is 5. The van der Waals surface area contributed by atoms with Crippen molar-refractivity contribution in [1.82, 2.24) is 10.3 Å². The quantitative estimate of drug-likeness (QED) is 0.217. The molecule has 0 spiro atoms. The van der Waals surface area contributed by atoms with Gasteiger partial charge in [0.2, 0.25) is 11.5 Å². The highest BCUT2D eigenvalue weighted by Gasteiger charge is 2.58. The highest BCUT2D eigenvalue weighted by Crippen LogP contribution is 2.48. The molecule has 246 valence electrons. The molecule has 46 heavy (non-hydrogen) atoms. The van der Waals surface area contributed by atoms with Gasteiger partial charge < -0.3 is 35.5 Å². The number of aromatic nitrogens is 1. The first-order valence-electron chi connectivity index (χ1n) is 14.2. The fraction of sp³-hybridized carbons (Fsp3) is 0.387. The third-order valence-corrected chi connectivity index (χ3v) is 7.67. The van der Waals surface area contributed by atoms with E-state index >= 15 is 0 Å². The van der Waals surface area contributed by atoms with Crippen molar-refractivity contribution < 1.29 is 56.0 Å². The number of pyridine rings is 1. The van der Waals surface area contributed by atoms with Gasteiger partial charge in [0.25, 0.3) is 5.91 Å². The first kappa shape index (κ1) is 32.9. The second-order valence-electron chi connectivity index (χ2n) is 11.3. The normalized spacial score (nSPS) is 19.4. The highest BCUT2D eigenvalue weighted by molar-refractivity contribution is 5.95. The molecule has 5 rings (SSSR count). The number of rotatable bonds is 12. The molecular weight excluding hydrogens is 621 g/mol. The first-order chi connectivity index (χ1) is 21.7. The molecule has 1 aromatic heterocycles. The SMILES string of the molecule is C[C@@H](O)COc1ccc(C(=O)NCC(O)(c2cc3c(c(-c4ccc(F)cc4)n2)OC[C@@]3(CF)C(N)=O)C(F)(F)F)cc1OC1CC1. The van der Waals surface area contributed by atoms with Gasteiger partial charge in [-0.3, -0.25) is 9.59 Å². The fourth-order valence-corrected chi connectivity index (χ4v) is 4.79. The number of amides is 2. The van der Waals surface area contributed by atoms with Crippen LogP contribution >= 0.6 is 0 Å². The summed E-state index contributed by atoms with van der Waals surface area (Å²) >= 11 is 0. The predicted molar refractivity (Wildman–Crippen MR) is 152 cm³/mol. The zero-order valence-electron chi connectivity index (χ0n) is 24.4. The third-order valence-electron chi connectivity index (χ3n) is 7.67. The third kappa shape index (κ3) is 6.29. The number of primary amides is 1. The minimum absolute atomic E-state index is 0.0354. The molecule has 2 aromatic carbocycles. The Labute approximate surface area is 259 Å². The van der Waals surface area contributed by atoms with E-state index < -0.39 is 72.0 Å². The Bertz CT molecular complexity index is 1630. The van der Waals surface area contributed by atoms with Crippen LogP contribution in [0.1, 0.15) is 41.4 Å². The van der Waals surface area contributed by atoms with Gasteiger partial charge in [-0.1, -0.05) is 0 Å². The van der Waals surface area contributed by atoms with Crippen molar-refractivity contribution >= 4 is 11.8 Å². The monoisotopic (exact) mass is 651 g/mol. The second kappa shape index (κ2) is 12.4. The maximum atomic E-state index is 14.7. The Balaban J connectivity index is 1.52. The van der Waals surface area contributed by atoms with Crippen LogP contribution in [0, 0.1) is 5.82 Å². The number of fused-ring (bicyclic) bond motifs is 1. The molecule has 1 fully saturated rings. The van der Waals surface area contributed by atoms with Gasteiger partial charge >= 0.3 is 6.18 Å². The van der Waals surface area contributed by atoms with Crippen molar-refractivity contribution in [3.63, 3.8) is 0 Å². The van der Waals surface area contributed by atoms with Crippen LogP contribution in [0.3, 0.4) is 0 Å². The van der Waals surface area contributed by atoms with Crippen LogP contribution < -0.4 is 25.3 Å². The van der Waals surface area contributed by atoms with Gasteiger partial charge in [-0.2, -0.15) is 13.2 Å². The Kier molecular flexibility index (Phi) is 8.84. The van der Waals surface area contributed by atoms with Crippen LogP contribution in [0.25, 0.3) is 11.3 Å². The maximum Gasteiger partial charge on any atom is 0.424 e. The average Bonchev–Trinajstić information content (AvgIpc) is 3.74. The zero-order valence-corrected chi connectivity index (χ0v) is 24.4. The van der Waals surface area contributed by atoms with Gasteiger partial charge in [-0.25, -0.2) is 13.8 Å². The standard InChI is InChI=1S/C31H30F5N3O7/c1-16(40)12-44-22-9-4-18(10-23(22)46-20-7-8-20)27(41)38-14-30(43,31(34,35)36)24-11-21-26(45-15-29(21,13-32)28(37)42)25(39-24)17-2-5-19(33)6-3-17/h2-6,9-11,16,20,40,43H,7-8,12-15H2,1H3,(H2,37,42)(H,38,41)/t16-,29-,30?/m1/s1. The van der Waals surface area contributed by atoms with Gasteiger partial charge in [0.05, 0.1) is 24.4 Å². The number of carbonyl (C=O) groups excluding carboxylic acids is 2. The van der Waals surface area contributed by atoms with E-state index in [4.69, 9.17) is 19.9 Å². The number of hydrogen-bond acceptors (Lipinski definition) is 8. The number of aliphatic hydroxyl groups excluding tert-OH is 1. The van der Waals surface area contributed by atoms with Crippen LogP contribution in [-0.2, 0) is 15.8 Å². The molecule has 1 aliphatic carbocycles. The van der Waals surface area contributed by atoms with Gasteiger partial charge in [0.15, 0.2) is 11.5 Å². The molecule has 2 aliphatic rings. The number of nitrogens with two attached hydrogens (primary N) is 1. The second-order valence-corrected chi connectivity index (χ2v) is 11.3. The van der Waals surface area contributed by atoms with Gasteiger partial charge in [0.1, 0.15) is 42.6 Å². The lowest BCUT2D eigenvalue weighted by Gasteiger charge is -2.31. The summed E-state index contributed by atoms with van der Waals surface area (Å²) in [4.78, 5) is 29.5. The number of aliphatic hydroxyl groups is 2. The molecule has 10 nitrogen and oxygen atoms in total. The first-order valence-corrected chi connectivity index (χ1v) is 14.2. The molecule has 1 unspecified atom stereocenters. The molecule has 15 heteroatoms. The predicted octanol–water partition coefficient (Wildman–Crippen LogP) is 3.45. The molecule has 5 N–H and O–H groups in total. The van der Waals surface area contributed by atoms with E-state index in [0.717, 1.165) is 25.0 Å². The van der Waals surface area contributed by atoms with Crippen molar-refractivity contribution in [2.45, 2.75) is 49.2 Å². The lowest BCUT2D eigenvalue weighted by molar-refractivity contribution is -0.265. The minimum atomic E-state index is -5.47. The van der Waals surface area contributed by atoms with E-state index in [2.05, 4.69) is 10.3 Å². The Morgan fingerprint density at radius 2 is 1.85 bits per heavy atom. The van der Waals surface area contributed by atoms with Gasteiger partial charge in [0, 0.05) is 16.7 Å². The summed E-state index contributed by atoms with van der Waals surface area (Å²) in [5.74, 6) is -2.84. The van der Waals surface area contributed by atoms with Crippen molar-refractivity contribution in [3.8, 4) is 28.5 Å². The summed E-state index contributed by atoms with van der Waals surface area (Å²) in [5, 5.41) is 22.8. The van der Waals surface area contributed by atoms with Crippen LogP contribution in [0.5, 0.6) is 17.2 Å². The molecular formula is C31H30F5N3O7. The van der Waals surface area contributed by atoms with Crippen LogP contribution in [0.15, 0.2) is 48.5 Å². The molecule has 3 aromatic rings. The van der Waals surface area contributed by atoms with Crippen molar-refractivity contribution in [1.29, 1.82) is 0 Å². The van der Waals surface area contributed by atoms with Crippen LogP contribution in [0.2, 0.25) is 0 Å². The topological polar surface area (TPSA) is 153 Å². The lowest BCUT2D eigenvalue weighted by atomic mass is 9.81. The smallest absolute Gasteiger partial charge is 0.424 e. The maximum absolute atomic E-state index is 14.7. The highest BCUT2D eigenvalue weighted by atomic mass is 19.4. The molecule has 0 radical (unpaired) electrons. The van der Waals surface area contributed by atoms with E-state index in [1.165, 1.54) is 37.3 Å². The van der Waals surface area contributed by atoms with E-state index in [1.54, 1.807) is 0 Å². The summed E-state index contributed by atoms with van der Waals surface area (Å²) in [6.45, 7) is -2.13. The number of nitrogens with one attached hydrogen (secondary N) is 1. The molecule has 1 saturated carbocycles. The van der Waals surface area contributed by atoms with Crippen LogP contribution in [-0.4, -0.2) is 71.8 Å². The summed E-state index contributed by atoms with van der Waals surface area (Å²) in [5.41, 5.74) is -2.53. The number of benzene rings is 2. The van der Waals surface area contributed by atoms with E-state index in [1.807, 2.05) is 0 Å². The molecule has 0 bridgehead atoms. The average molecular weight is 652 g/mol. The molecule has 3 atom stereocenters. The number of alkyl halides is 4. The van der Waals surface area contributed by atoms with Crippen molar-refractivity contribution in [3.05, 3.63) is 71.2 Å². The summed E-state index contributed by atoms with van der Waals surface area (Å²) < 4.78 is 88.9. The number of carbonyl (C=O) groups is 2. The molecule has 2 amide bonds. The number of hydrogen-bond donors (Lipinski definition) is 4. The molecule has 0 saturated heterocycles. The van der Waals surface area contributed by atoms with E-state index in [9.17, 15) is 41.8 Å². The van der Waals surface area contributed by atoms with Gasteiger partial charge in [-0.15, -0.1) is 0 Å². The largest absolute Gasteiger partial charge is 0.489 e. The summed E-state index contributed by atoms with van der Waals surface area (Å²) in [6.07, 6.45) is -4.90. The van der Waals surface area contributed by atoms with Crippen molar-refractivity contribution in [2.75, 3.05) is 26.4 Å². The summed E-state index contributed by atoms with van der Waals surface area (Å²) in [7, 11) is 0. The fourth-order valence-electron chi connectivity index (χ4n) is 4.79. The molecule has 2 heterocycles. The summed E-state index contributed by atoms with van der Waals surface area (Å²) in [6, 6.07) is 8.91. The van der Waals surface area contributed by atoms with Gasteiger partial charge in [-0.05, 0) is 68.3 Å². The molecule has 1 aliphatic heterocycles. The minimum Gasteiger partial charge on any atom is -0.489 e. The zero-order chi connectivity index (χ0) is 33.4. The Morgan fingerprint density at radius 1 is 1.15 bits per heavy atom. The lowest BCUT2D eigenvalue weighted by Crippen LogP contribution is -2.52. The number of nitrogens with zero attached hydrogens (tertiary/aromatic N) is 1. The van der Waals surface area contributed by atoms with E-state index in [0.29, 0.717) is 6.07 Å².